The summed E-state index contributed by atoms with van der Waals surface area (Å²) < 4.78 is 26.6. The molecule has 0 saturated heterocycles. The third kappa shape index (κ3) is 5.40. The van der Waals surface area contributed by atoms with E-state index in [0.717, 1.165) is 0 Å². The first-order chi connectivity index (χ1) is 8.85. The van der Waals surface area contributed by atoms with Crippen LogP contribution in [-0.4, -0.2) is 31.1 Å². The molecular formula is C11H14ClNO4S2. The number of rotatable bonds is 7. The van der Waals surface area contributed by atoms with Gasteiger partial charge in [0.1, 0.15) is 0 Å². The van der Waals surface area contributed by atoms with Crippen LogP contribution in [0.25, 0.3) is 0 Å². The first kappa shape index (κ1) is 16.3. The molecule has 8 heteroatoms. The fourth-order valence-corrected chi connectivity index (χ4v) is 3.87. The monoisotopic (exact) mass is 323 g/mol. The van der Waals surface area contributed by atoms with Crippen LogP contribution in [0.2, 0.25) is 5.02 Å². The predicted octanol–water partition coefficient (Wildman–Crippen LogP) is 2.17. The molecular weight excluding hydrogens is 310 g/mol. The van der Waals surface area contributed by atoms with E-state index >= 15 is 0 Å². The third-order valence-electron chi connectivity index (χ3n) is 2.30. The van der Waals surface area contributed by atoms with Gasteiger partial charge in [-0.25, -0.2) is 8.42 Å². The predicted molar refractivity (Wildman–Crippen MR) is 75.9 cm³/mol. The van der Waals surface area contributed by atoms with Gasteiger partial charge in [0.2, 0.25) is 10.0 Å². The highest BCUT2D eigenvalue weighted by molar-refractivity contribution is 8.00. The van der Waals surface area contributed by atoms with Gasteiger partial charge in [0.05, 0.1) is 10.3 Å². The fraction of sp³-hybridized carbons (Fsp3) is 0.364. The molecule has 1 atom stereocenters. The van der Waals surface area contributed by atoms with Crippen molar-refractivity contribution in [2.75, 3.05) is 6.26 Å². The van der Waals surface area contributed by atoms with E-state index in [1.54, 1.807) is 18.4 Å². The molecule has 0 saturated carbocycles. The molecule has 5 nitrogen and oxygen atoms in total. The normalized spacial score (nSPS) is 13.2. The molecule has 0 amide bonds. The Balaban J connectivity index is 2.80. The minimum Gasteiger partial charge on any atom is -0.481 e. The molecule has 1 rings (SSSR count). The smallest absolute Gasteiger partial charge is 0.303 e. The van der Waals surface area contributed by atoms with Crippen molar-refractivity contribution in [3.63, 3.8) is 0 Å². The van der Waals surface area contributed by atoms with Crippen LogP contribution in [0.15, 0.2) is 29.2 Å². The van der Waals surface area contributed by atoms with Gasteiger partial charge in [-0.1, -0.05) is 17.7 Å². The summed E-state index contributed by atoms with van der Waals surface area (Å²) in [5, 5.41) is 8.45. The van der Waals surface area contributed by atoms with Crippen LogP contribution in [0.1, 0.15) is 12.8 Å². The third-order valence-corrected chi connectivity index (χ3v) is 5.07. The number of benzene rings is 1. The van der Waals surface area contributed by atoms with Crippen LogP contribution < -0.4 is 4.72 Å². The lowest BCUT2D eigenvalue weighted by Crippen LogP contribution is -2.32. The number of sulfonamides is 1. The van der Waals surface area contributed by atoms with E-state index in [4.69, 9.17) is 16.7 Å². The Labute approximate surface area is 121 Å². The number of thioether (sulfide) groups is 1. The van der Waals surface area contributed by atoms with Crippen molar-refractivity contribution in [3.8, 4) is 0 Å². The second-order valence-corrected chi connectivity index (χ2v) is 6.93. The number of halogens is 1. The van der Waals surface area contributed by atoms with Crippen LogP contribution in [0.3, 0.4) is 0 Å². The zero-order valence-corrected chi connectivity index (χ0v) is 12.6. The molecule has 0 aromatic heterocycles. The molecule has 106 valence electrons. The van der Waals surface area contributed by atoms with Crippen LogP contribution in [0.4, 0.5) is 0 Å². The maximum absolute atomic E-state index is 12.1. The van der Waals surface area contributed by atoms with Gasteiger partial charge in [0.25, 0.3) is 0 Å². The first-order valence-corrected chi connectivity index (χ1v) is 8.52. The number of nitrogens with one attached hydrogen (secondary N) is 1. The largest absolute Gasteiger partial charge is 0.481 e. The molecule has 1 aromatic carbocycles. The summed E-state index contributed by atoms with van der Waals surface area (Å²) in [6.45, 7) is 0. The highest BCUT2D eigenvalue weighted by Gasteiger charge is 2.20. The van der Waals surface area contributed by atoms with Gasteiger partial charge in [0.15, 0.2) is 0 Å². The molecule has 1 unspecified atom stereocenters. The number of carbonyl (C=O) groups is 1. The molecule has 19 heavy (non-hydrogen) atoms. The zero-order valence-electron chi connectivity index (χ0n) is 10.2. The van der Waals surface area contributed by atoms with Crippen molar-refractivity contribution in [1.82, 2.24) is 4.72 Å². The lowest BCUT2D eigenvalue weighted by Gasteiger charge is -2.15. The Morgan fingerprint density at radius 1 is 1.53 bits per heavy atom. The van der Waals surface area contributed by atoms with Crippen molar-refractivity contribution >= 4 is 39.4 Å². The van der Waals surface area contributed by atoms with E-state index in [0.29, 0.717) is 5.02 Å². The summed E-state index contributed by atoms with van der Waals surface area (Å²) in [5.74, 6) is -0.957. The quantitative estimate of drug-likeness (QED) is 0.751. The molecule has 0 fully saturated rings. The van der Waals surface area contributed by atoms with Crippen LogP contribution in [-0.2, 0) is 14.8 Å². The van der Waals surface area contributed by atoms with E-state index < -0.39 is 21.4 Å². The molecule has 1 aromatic rings. The second kappa shape index (κ2) is 7.14. The SMILES string of the molecule is CSC(CCC(=O)O)NS(=O)(=O)c1cccc(Cl)c1. The van der Waals surface area contributed by atoms with E-state index in [9.17, 15) is 13.2 Å². The summed E-state index contributed by atoms with van der Waals surface area (Å²) in [7, 11) is -3.69. The molecule has 0 radical (unpaired) electrons. The molecule has 0 spiro atoms. The number of hydrogen-bond donors (Lipinski definition) is 2. The van der Waals surface area contributed by atoms with Gasteiger partial charge in [-0.3, -0.25) is 4.79 Å². The van der Waals surface area contributed by atoms with E-state index in [1.807, 2.05) is 0 Å². The summed E-state index contributed by atoms with van der Waals surface area (Å²) in [6, 6.07) is 5.90. The lowest BCUT2D eigenvalue weighted by atomic mass is 10.3. The van der Waals surface area contributed by atoms with E-state index in [1.165, 1.54) is 23.9 Å². The van der Waals surface area contributed by atoms with Crippen molar-refractivity contribution in [1.29, 1.82) is 0 Å². The fourth-order valence-electron chi connectivity index (χ4n) is 1.35. The topological polar surface area (TPSA) is 83.5 Å². The Bertz CT molecular complexity index is 547. The number of aliphatic carboxylic acids is 1. The average Bonchev–Trinajstić information content (AvgIpc) is 2.34. The highest BCUT2D eigenvalue weighted by atomic mass is 35.5. The Morgan fingerprint density at radius 2 is 2.21 bits per heavy atom. The van der Waals surface area contributed by atoms with Crippen molar-refractivity contribution in [2.45, 2.75) is 23.1 Å². The minimum absolute atomic E-state index is 0.0642. The lowest BCUT2D eigenvalue weighted by molar-refractivity contribution is -0.137. The van der Waals surface area contributed by atoms with Gasteiger partial charge in [-0.2, -0.15) is 4.72 Å². The van der Waals surface area contributed by atoms with Gasteiger partial charge in [-0.15, -0.1) is 11.8 Å². The van der Waals surface area contributed by atoms with Crippen LogP contribution in [0.5, 0.6) is 0 Å². The molecule has 0 heterocycles. The average molecular weight is 324 g/mol. The van der Waals surface area contributed by atoms with Crippen molar-refractivity contribution in [3.05, 3.63) is 29.3 Å². The number of carboxylic acids is 1. The summed E-state index contributed by atoms with van der Waals surface area (Å²) in [4.78, 5) is 10.6. The van der Waals surface area contributed by atoms with Gasteiger partial charge in [0, 0.05) is 11.4 Å². The summed E-state index contributed by atoms with van der Waals surface area (Å²) in [6.07, 6.45) is 1.84. The Hall–Kier alpha value is -0.760. The maximum Gasteiger partial charge on any atom is 0.303 e. The molecule has 0 aliphatic heterocycles. The molecule has 0 aliphatic rings. The van der Waals surface area contributed by atoms with Crippen LogP contribution in [0, 0.1) is 0 Å². The molecule has 2 N–H and O–H groups in total. The molecule has 0 bridgehead atoms. The summed E-state index contributed by atoms with van der Waals surface area (Å²) in [5.41, 5.74) is 0. The van der Waals surface area contributed by atoms with Crippen LogP contribution >= 0.6 is 23.4 Å². The standard InChI is InChI=1S/C11H14ClNO4S2/c1-18-10(5-6-11(14)15)13-19(16,17)9-4-2-3-8(12)7-9/h2-4,7,10,13H,5-6H2,1H3,(H,14,15). The number of hydrogen-bond acceptors (Lipinski definition) is 4. The van der Waals surface area contributed by atoms with Gasteiger partial charge in [-0.05, 0) is 30.9 Å². The van der Waals surface area contributed by atoms with Gasteiger partial charge >= 0.3 is 5.97 Å². The maximum atomic E-state index is 12.1. The van der Waals surface area contributed by atoms with E-state index in [2.05, 4.69) is 4.72 Å². The number of carboxylic acid groups (broad SMARTS) is 1. The Kier molecular flexibility index (Phi) is 6.12. The van der Waals surface area contributed by atoms with Crippen molar-refractivity contribution in [2.24, 2.45) is 0 Å². The Morgan fingerprint density at radius 3 is 2.74 bits per heavy atom. The van der Waals surface area contributed by atoms with E-state index in [-0.39, 0.29) is 17.7 Å². The van der Waals surface area contributed by atoms with Crippen molar-refractivity contribution < 1.29 is 18.3 Å². The second-order valence-electron chi connectivity index (χ2n) is 3.74. The zero-order chi connectivity index (χ0) is 14.5. The summed E-state index contributed by atoms with van der Waals surface area (Å²) >= 11 is 7.00. The van der Waals surface area contributed by atoms with Gasteiger partial charge < -0.3 is 5.11 Å². The first-order valence-electron chi connectivity index (χ1n) is 5.37. The minimum atomic E-state index is -3.69. The molecule has 0 aliphatic carbocycles. The highest BCUT2D eigenvalue weighted by Crippen LogP contribution is 2.18.